The van der Waals surface area contributed by atoms with E-state index in [2.05, 4.69) is 17.5 Å². The predicted molar refractivity (Wildman–Crippen MR) is 74.5 cm³/mol. The molecule has 0 unspecified atom stereocenters. The number of para-hydroxylation sites is 1. The molecular weight excluding hydrogens is 252 g/mol. The normalized spacial score (nSPS) is 33.9. The summed E-state index contributed by atoms with van der Waals surface area (Å²) in [5, 5.41) is 3.15. The molecular formula is C16H16N2O2. The number of anilines is 1. The van der Waals surface area contributed by atoms with Gasteiger partial charge in [0.2, 0.25) is 11.8 Å². The van der Waals surface area contributed by atoms with Gasteiger partial charge in [0.25, 0.3) is 0 Å². The average molecular weight is 268 g/mol. The van der Waals surface area contributed by atoms with Crippen molar-refractivity contribution in [1.29, 1.82) is 0 Å². The molecule has 1 aromatic rings. The Kier molecular flexibility index (Phi) is 2.46. The Balaban J connectivity index is 1.51. The number of nitrogens with zero attached hydrogens (tertiary/aromatic N) is 1. The summed E-state index contributed by atoms with van der Waals surface area (Å²) in [6.45, 7) is 0.272. The highest BCUT2D eigenvalue weighted by molar-refractivity contribution is 6.06. The maximum absolute atomic E-state index is 12.4. The molecule has 3 aliphatic rings. The first-order chi connectivity index (χ1) is 9.75. The highest BCUT2D eigenvalue weighted by atomic mass is 16.2. The van der Waals surface area contributed by atoms with E-state index in [1.807, 2.05) is 30.3 Å². The van der Waals surface area contributed by atoms with Crippen molar-refractivity contribution in [2.75, 3.05) is 12.0 Å². The van der Waals surface area contributed by atoms with E-state index in [0.717, 1.165) is 12.1 Å². The van der Waals surface area contributed by atoms with Gasteiger partial charge in [0, 0.05) is 5.69 Å². The molecule has 4 heteroatoms. The van der Waals surface area contributed by atoms with Gasteiger partial charge in [-0.3, -0.25) is 14.5 Å². The fourth-order valence-corrected chi connectivity index (χ4v) is 3.85. The molecule has 1 saturated heterocycles. The number of carbonyl (C=O) groups is 2. The molecule has 1 aromatic carbocycles. The third kappa shape index (κ3) is 1.54. The molecule has 2 bridgehead atoms. The lowest BCUT2D eigenvalue weighted by atomic mass is 9.85. The third-order valence-electron chi connectivity index (χ3n) is 4.78. The van der Waals surface area contributed by atoms with Gasteiger partial charge in [-0.25, -0.2) is 0 Å². The Morgan fingerprint density at radius 1 is 1.00 bits per heavy atom. The minimum Gasteiger partial charge on any atom is -0.367 e. The van der Waals surface area contributed by atoms with E-state index in [0.29, 0.717) is 0 Å². The molecule has 102 valence electrons. The van der Waals surface area contributed by atoms with E-state index in [1.165, 1.54) is 4.90 Å². The standard InChI is InChI=1S/C16H16N2O2/c19-15-13-10-6-7-11(8-10)14(13)16(20)18(15)9-17-12-4-2-1-3-5-12/h1-7,10-11,13-14,17H,8-9H2/t10-,11+,13-,14-/m0/s1. The fraction of sp³-hybridized carbons (Fsp3) is 0.375. The third-order valence-corrected chi connectivity index (χ3v) is 4.78. The van der Waals surface area contributed by atoms with Crippen LogP contribution in [0.15, 0.2) is 42.5 Å². The molecule has 0 aromatic heterocycles. The molecule has 4 nitrogen and oxygen atoms in total. The lowest BCUT2D eigenvalue weighted by Crippen LogP contribution is -2.37. The van der Waals surface area contributed by atoms with Gasteiger partial charge in [0.1, 0.15) is 0 Å². The summed E-state index contributed by atoms with van der Waals surface area (Å²) >= 11 is 0. The summed E-state index contributed by atoms with van der Waals surface area (Å²) in [5.41, 5.74) is 0.922. The zero-order chi connectivity index (χ0) is 13.7. The van der Waals surface area contributed by atoms with Gasteiger partial charge < -0.3 is 5.32 Å². The number of hydrogen-bond donors (Lipinski definition) is 1. The van der Waals surface area contributed by atoms with Crippen LogP contribution in [-0.2, 0) is 9.59 Å². The van der Waals surface area contributed by atoms with Crippen molar-refractivity contribution in [1.82, 2.24) is 4.90 Å². The Hall–Kier alpha value is -2.10. The van der Waals surface area contributed by atoms with Crippen LogP contribution >= 0.6 is 0 Å². The zero-order valence-corrected chi connectivity index (χ0v) is 11.0. The van der Waals surface area contributed by atoms with E-state index in [9.17, 15) is 9.59 Å². The van der Waals surface area contributed by atoms with E-state index < -0.39 is 0 Å². The van der Waals surface area contributed by atoms with Gasteiger partial charge in [0.15, 0.2) is 0 Å². The number of fused-ring (bicyclic) bond motifs is 5. The van der Waals surface area contributed by atoms with Crippen molar-refractivity contribution < 1.29 is 9.59 Å². The summed E-state index contributed by atoms with van der Waals surface area (Å²) in [4.78, 5) is 26.3. The maximum Gasteiger partial charge on any atom is 0.235 e. The van der Waals surface area contributed by atoms with Crippen molar-refractivity contribution in [3.8, 4) is 0 Å². The number of benzene rings is 1. The molecule has 20 heavy (non-hydrogen) atoms. The van der Waals surface area contributed by atoms with Gasteiger partial charge >= 0.3 is 0 Å². The van der Waals surface area contributed by atoms with Crippen LogP contribution in [0.4, 0.5) is 5.69 Å². The summed E-state index contributed by atoms with van der Waals surface area (Å²) in [5.74, 6) is 0.358. The van der Waals surface area contributed by atoms with Crippen LogP contribution in [0.1, 0.15) is 6.42 Å². The predicted octanol–water partition coefficient (Wildman–Crippen LogP) is 1.86. The van der Waals surface area contributed by atoms with Crippen LogP contribution in [0.3, 0.4) is 0 Å². The second-order valence-corrected chi connectivity index (χ2v) is 5.81. The van der Waals surface area contributed by atoms with E-state index in [-0.39, 0.29) is 42.2 Å². The summed E-state index contributed by atoms with van der Waals surface area (Å²) in [7, 11) is 0. The second-order valence-electron chi connectivity index (χ2n) is 5.81. The minimum atomic E-state index is -0.102. The maximum atomic E-state index is 12.4. The van der Waals surface area contributed by atoms with Crippen molar-refractivity contribution in [3.63, 3.8) is 0 Å². The van der Waals surface area contributed by atoms with Crippen LogP contribution in [-0.4, -0.2) is 23.4 Å². The highest BCUT2D eigenvalue weighted by Gasteiger charge is 2.59. The Labute approximate surface area is 117 Å². The topological polar surface area (TPSA) is 49.4 Å². The molecule has 0 spiro atoms. The Bertz CT molecular complexity index is 566. The van der Waals surface area contributed by atoms with Gasteiger partial charge in [0.05, 0.1) is 18.5 Å². The van der Waals surface area contributed by atoms with Crippen LogP contribution in [0.2, 0.25) is 0 Å². The van der Waals surface area contributed by atoms with Gasteiger partial charge in [-0.15, -0.1) is 0 Å². The fourth-order valence-electron chi connectivity index (χ4n) is 3.85. The molecule has 1 N–H and O–H groups in total. The first-order valence-corrected chi connectivity index (χ1v) is 7.08. The molecule has 0 radical (unpaired) electrons. The molecule has 1 saturated carbocycles. The van der Waals surface area contributed by atoms with Crippen molar-refractivity contribution in [2.45, 2.75) is 6.42 Å². The number of amides is 2. The van der Waals surface area contributed by atoms with E-state index >= 15 is 0 Å². The quantitative estimate of drug-likeness (QED) is 0.672. The monoisotopic (exact) mass is 268 g/mol. The first-order valence-electron chi connectivity index (χ1n) is 7.08. The van der Waals surface area contributed by atoms with Crippen LogP contribution < -0.4 is 5.32 Å². The number of nitrogens with one attached hydrogen (secondary N) is 1. The van der Waals surface area contributed by atoms with Crippen molar-refractivity contribution in [3.05, 3.63) is 42.5 Å². The first kappa shape index (κ1) is 11.7. The highest BCUT2D eigenvalue weighted by Crippen LogP contribution is 2.52. The lowest BCUT2D eigenvalue weighted by molar-refractivity contribution is -0.140. The molecule has 2 fully saturated rings. The average Bonchev–Trinajstić information content (AvgIpc) is 3.13. The molecule has 1 aliphatic heterocycles. The molecule has 2 aliphatic carbocycles. The second kappa shape index (κ2) is 4.20. The smallest absolute Gasteiger partial charge is 0.235 e. The number of carbonyl (C=O) groups excluding carboxylic acids is 2. The van der Waals surface area contributed by atoms with Crippen molar-refractivity contribution >= 4 is 17.5 Å². The largest absolute Gasteiger partial charge is 0.367 e. The van der Waals surface area contributed by atoms with Gasteiger partial charge in [-0.2, -0.15) is 0 Å². The number of rotatable bonds is 3. The van der Waals surface area contributed by atoms with E-state index in [4.69, 9.17) is 0 Å². The van der Waals surface area contributed by atoms with Crippen molar-refractivity contribution in [2.24, 2.45) is 23.7 Å². The lowest BCUT2D eigenvalue weighted by Gasteiger charge is -2.18. The molecule has 2 amide bonds. The van der Waals surface area contributed by atoms with E-state index in [1.54, 1.807) is 0 Å². The summed E-state index contributed by atoms with van der Waals surface area (Å²) in [6.07, 6.45) is 5.21. The number of allylic oxidation sites excluding steroid dienone is 2. The molecule has 4 rings (SSSR count). The Morgan fingerprint density at radius 2 is 1.60 bits per heavy atom. The SMILES string of the molecule is O=C1[C@@H]2[C@@H](C(=O)N1CNc1ccccc1)[C@H]1C=C[C@@H]2C1. The van der Waals surface area contributed by atoms with Gasteiger partial charge in [-0.05, 0) is 30.4 Å². The molecule has 1 heterocycles. The van der Waals surface area contributed by atoms with Crippen LogP contribution in [0, 0.1) is 23.7 Å². The Morgan fingerprint density at radius 3 is 2.20 bits per heavy atom. The number of imide groups is 1. The molecule has 4 atom stereocenters. The number of hydrogen-bond acceptors (Lipinski definition) is 3. The zero-order valence-electron chi connectivity index (χ0n) is 11.0. The minimum absolute atomic E-state index is 0.000260. The van der Waals surface area contributed by atoms with Gasteiger partial charge in [-0.1, -0.05) is 30.4 Å². The van der Waals surface area contributed by atoms with Crippen LogP contribution in [0.25, 0.3) is 0 Å². The van der Waals surface area contributed by atoms with Crippen LogP contribution in [0.5, 0.6) is 0 Å². The number of likely N-dealkylation sites (tertiary alicyclic amines) is 1. The summed E-state index contributed by atoms with van der Waals surface area (Å²) in [6, 6.07) is 9.64. The summed E-state index contributed by atoms with van der Waals surface area (Å²) < 4.78 is 0.